The van der Waals surface area contributed by atoms with Crippen molar-refractivity contribution < 1.29 is 19.1 Å². The molecule has 0 bridgehead atoms. The molecule has 1 aliphatic rings. The van der Waals surface area contributed by atoms with Gasteiger partial charge in [-0.2, -0.15) is 0 Å². The van der Waals surface area contributed by atoms with Crippen LogP contribution in [0.25, 0.3) is 10.4 Å². The molecule has 6 heteroatoms. The molecule has 0 radical (unpaired) electrons. The van der Waals surface area contributed by atoms with Crippen molar-refractivity contribution in [1.82, 2.24) is 5.48 Å². The van der Waals surface area contributed by atoms with Crippen LogP contribution in [-0.2, 0) is 16.2 Å². The van der Waals surface area contributed by atoms with Crippen LogP contribution in [0.2, 0.25) is 0 Å². The van der Waals surface area contributed by atoms with Gasteiger partial charge >= 0.3 is 0 Å². The molecule has 1 aliphatic heterocycles. The molecule has 2 aromatic carbocycles. The van der Waals surface area contributed by atoms with E-state index >= 15 is 0 Å². The van der Waals surface area contributed by atoms with Crippen molar-refractivity contribution in [2.24, 2.45) is 0 Å². The molecule has 1 atom stereocenters. The summed E-state index contributed by atoms with van der Waals surface area (Å²) >= 11 is 1.42. The van der Waals surface area contributed by atoms with Crippen molar-refractivity contribution in [3.8, 4) is 16.2 Å². The van der Waals surface area contributed by atoms with Gasteiger partial charge in [0.05, 0.1) is 4.88 Å². The van der Waals surface area contributed by atoms with Crippen LogP contribution in [0.3, 0.4) is 0 Å². The zero-order valence-corrected chi connectivity index (χ0v) is 16.8. The molecule has 1 fully saturated rings. The van der Waals surface area contributed by atoms with Crippen LogP contribution in [0, 0.1) is 0 Å². The number of amides is 1. The van der Waals surface area contributed by atoms with Crippen LogP contribution in [0.1, 0.15) is 34.5 Å². The molecule has 5 nitrogen and oxygen atoms in total. The predicted octanol–water partition coefficient (Wildman–Crippen LogP) is 5.18. The van der Waals surface area contributed by atoms with Crippen LogP contribution in [0.15, 0.2) is 66.7 Å². The van der Waals surface area contributed by atoms with E-state index in [9.17, 15) is 4.79 Å². The second kappa shape index (κ2) is 9.69. The van der Waals surface area contributed by atoms with E-state index in [1.54, 1.807) is 6.07 Å². The second-order valence-electron chi connectivity index (χ2n) is 6.81. The molecule has 29 heavy (non-hydrogen) atoms. The highest BCUT2D eigenvalue weighted by Gasteiger charge is 2.17. The lowest BCUT2D eigenvalue weighted by molar-refractivity contribution is -0.186. The molecule has 1 amide bonds. The molecule has 0 spiro atoms. The predicted molar refractivity (Wildman–Crippen MR) is 113 cm³/mol. The summed E-state index contributed by atoms with van der Waals surface area (Å²) in [6.45, 7) is 1.19. The van der Waals surface area contributed by atoms with E-state index in [4.69, 9.17) is 14.3 Å². The van der Waals surface area contributed by atoms with Gasteiger partial charge < -0.3 is 9.47 Å². The number of thiophene rings is 1. The Labute approximate surface area is 174 Å². The van der Waals surface area contributed by atoms with E-state index in [-0.39, 0.29) is 12.2 Å². The van der Waals surface area contributed by atoms with Gasteiger partial charge in [-0.15, -0.1) is 11.3 Å². The Bertz CT molecular complexity index is 935. The van der Waals surface area contributed by atoms with Gasteiger partial charge in [0.25, 0.3) is 5.91 Å². The minimum absolute atomic E-state index is 0.257. The van der Waals surface area contributed by atoms with Gasteiger partial charge in [0, 0.05) is 17.9 Å². The normalized spacial score (nSPS) is 16.3. The molecule has 4 rings (SSSR count). The molecule has 2 heterocycles. The number of carbonyl (C=O) groups excluding carboxylic acids is 1. The summed E-state index contributed by atoms with van der Waals surface area (Å²) in [5, 5.41) is 0. The smallest absolute Gasteiger partial charge is 0.285 e. The zero-order valence-electron chi connectivity index (χ0n) is 16.0. The summed E-state index contributed by atoms with van der Waals surface area (Å²) in [5.74, 6) is 0.537. The number of benzene rings is 2. The Hall–Kier alpha value is -2.67. The summed E-state index contributed by atoms with van der Waals surface area (Å²) in [6.07, 6.45) is 2.53. The molecule has 0 aliphatic carbocycles. The molecule has 0 saturated carbocycles. The van der Waals surface area contributed by atoms with Crippen molar-refractivity contribution in [2.45, 2.75) is 32.2 Å². The van der Waals surface area contributed by atoms with E-state index in [1.165, 1.54) is 11.3 Å². The molecule has 3 aromatic rings. The lowest BCUT2D eigenvalue weighted by atomic mass is 10.2. The summed E-state index contributed by atoms with van der Waals surface area (Å²) in [7, 11) is 0. The van der Waals surface area contributed by atoms with Crippen molar-refractivity contribution in [3.05, 3.63) is 77.2 Å². The van der Waals surface area contributed by atoms with E-state index in [0.717, 1.165) is 41.0 Å². The second-order valence-corrected chi connectivity index (χ2v) is 7.89. The average molecular weight is 410 g/mol. The molecule has 1 unspecified atom stereocenters. The third kappa shape index (κ3) is 5.44. The van der Waals surface area contributed by atoms with Gasteiger partial charge in [-0.1, -0.05) is 42.5 Å². The Balaban J connectivity index is 1.36. The fraction of sp³-hybridized carbons (Fsp3) is 0.261. The fourth-order valence-electron chi connectivity index (χ4n) is 3.07. The largest absolute Gasteiger partial charge is 0.489 e. The number of ether oxygens (including phenoxy) is 2. The molecule has 1 saturated heterocycles. The van der Waals surface area contributed by atoms with E-state index in [1.807, 2.05) is 60.7 Å². The van der Waals surface area contributed by atoms with Crippen molar-refractivity contribution in [3.63, 3.8) is 0 Å². The first kappa shape index (κ1) is 19.6. The van der Waals surface area contributed by atoms with Gasteiger partial charge in [0.1, 0.15) is 12.4 Å². The highest BCUT2D eigenvalue weighted by atomic mass is 32.1. The lowest BCUT2D eigenvalue weighted by Crippen LogP contribution is -2.32. The quantitative estimate of drug-likeness (QED) is 0.546. The minimum Gasteiger partial charge on any atom is -0.489 e. The first-order valence-corrected chi connectivity index (χ1v) is 10.5. The van der Waals surface area contributed by atoms with Crippen molar-refractivity contribution in [1.29, 1.82) is 0 Å². The average Bonchev–Trinajstić information content (AvgIpc) is 3.28. The highest BCUT2D eigenvalue weighted by Crippen LogP contribution is 2.30. The Morgan fingerprint density at radius 1 is 1.07 bits per heavy atom. The standard InChI is InChI=1S/C23H23NO4S/c25-23(24-28-22-11-4-5-14-26-22)21-13-12-20(29-21)18-9-6-10-19(15-18)27-16-17-7-2-1-3-8-17/h1-3,6-10,12-13,15,22H,4-5,11,14,16H2,(H,24,25). The van der Waals surface area contributed by atoms with Crippen molar-refractivity contribution in [2.75, 3.05) is 6.61 Å². The van der Waals surface area contributed by atoms with Gasteiger partial charge in [0.15, 0.2) is 6.29 Å². The maximum Gasteiger partial charge on any atom is 0.285 e. The van der Waals surface area contributed by atoms with Crippen LogP contribution < -0.4 is 10.2 Å². The number of hydroxylamine groups is 1. The maximum atomic E-state index is 12.4. The van der Waals surface area contributed by atoms with Gasteiger partial charge in [-0.25, -0.2) is 10.3 Å². The van der Waals surface area contributed by atoms with E-state index in [2.05, 4.69) is 5.48 Å². The number of rotatable bonds is 7. The summed E-state index contributed by atoms with van der Waals surface area (Å²) < 4.78 is 11.4. The van der Waals surface area contributed by atoms with Crippen LogP contribution in [0.4, 0.5) is 0 Å². The SMILES string of the molecule is O=C(NOC1CCCCO1)c1ccc(-c2cccc(OCc3ccccc3)c2)s1. The molecule has 150 valence electrons. The number of hydrogen-bond acceptors (Lipinski definition) is 5. The van der Waals surface area contributed by atoms with Crippen LogP contribution in [-0.4, -0.2) is 18.8 Å². The zero-order chi connectivity index (χ0) is 19.9. The third-order valence-electron chi connectivity index (χ3n) is 4.62. The molecule has 1 aromatic heterocycles. The van der Waals surface area contributed by atoms with Crippen LogP contribution in [0.5, 0.6) is 5.75 Å². The summed E-state index contributed by atoms with van der Waals surface area (Å²) in [5.41, 5.74) is 4.64. The Morgan fingerprint density at radius 2 is 1.97 bits per heavy atom. The molecule has 1 N–H and O–H groups in total. The first-order chi connectivity index (χ1) is 14.3. The fourth-order valence-corrected chi connectivity index (χ4v) is 3.96. The lowest BCUT2D eigenvalue weighted by Gasteiger charge is -2.21. The third-order valence-corrected chi connectivity index (χ3v) is 5.75. The van der Waals surface area contributed by atoms with Gasteiger partial charge in [-0.05, 0) is 48.2 Å². The van der Waals surface area contributed by atoms with Gasteiger partial charge in [0.2, 0.25) is 0 Å². The topological polar surface area (TPSA) is 56.8 Å². The monoisotopic (exact) mass is 409 g/mol. The Kier molecular flexibility index (Phi) is 6.56. The van der Waals surface area contributed by atoms with Crippen molar-refractivity contribution >= 4 is 17.2 Å². The van der Waals surface area contributed by atoms with Crippen LogP contribution >= 0.6 is 11.3 Å². The highest BCUT2D eigenvalue weighted by molar-refractivity contribution is 7.17. The van der Waals surface area contributed by atoms with Gasteiger partial charge in [-0.3, -0.25) is 4.79 Å². The Morgan fingerprint density at radius 3 is 2.79 bits per heavy atom. The number of hydrogen-bond donors (Lipinski definition) is 1. The summed E-state index contributed by atoms with van der Waals surface area (Å²) in [4.78, 5) is 19.3. The number of nitrogens with one attached hydrogen (secondary N) is 1. The number of carbonyl (C=O) groups is 1. The summed E-state index contributed by atoms with van der Waals surface area (Å²) in [6, 6.07) is 21.7. The molecular weight excluding hydrogens is 386 g/mol. The van der Waals surface area contributed by atoms with E-state index in [0.29, 0.717) is 18.1 Å². The minimum atomic E-state index is -0.356. The molecular formula is C23H23NO4S. The van der Waals surface area contributed by atoms with E-state index < -0.39 is 0 Å². The maximum absolute atomic E-state index is 12.4. The first-order valence-electron chi connectivity index (χ1n) is 9.72.